The van der Waals surface area contributed by atoms with Crippen LogP contribution in [-0.2, 0) is 4.74 Å². The van der Waals surface area contributed by atoms with Gasteiger partial charge in [0, 0.05) is 5.95 Å². The minimum Gasteiger partial charge on any atom is -0.617 e. The van der Waals surface area contributed by atoms with E-state index in [1.807, 2.05) is 0 Å². The Labute approximate surface area is 37.1 Å². The molecule has 2 nitrogen and oxygen atoms in total. The summed E-state index contributed by atoms with van der Waals surface area (Å²) in [6, 6.07) is 0. The van der Waals surface area contributed by atoms with Gasteiger partial charge in [0.05, 0.1) is 0 Å². The molecule has 0 saturated carbocycles. The van der Waals surface area contributed by atoms with Crippen LogP contribution in [0.15, 0.2) is 12.0 Å². The number of allylic oxidation sites excluding steroid dienone is 1. The fourth-order valence-corrected chi connectivity index (χ4v) is 0.118. The van der Waals surface area contributed by atoms with Crippen molar-refractivity contribution in [1.82, 2.24) is 0 Å². The van der Waals surface area contributed by atoms with Gasteiger partial charge in [-0.15, -0.1) is 0 Å². The lowest BCUT2D eigenvalue weighted by Crippen LogP contribution is -2.03. The van der Waals surface area contributed by atoms with E-state index in [0.717, 1.165) is 0 Å². The third-order valence-electron chi connectivity index (χ3n) is 0.437. The van der Waals surface area contributed by atoms with Crippen molar-refractivity contribution in [2.75, 3.05) is 7.11 Å². The molecule has 36 valence electrons. The molecule has 0 spiro atoms. The van der Waals surface area contributed by atoms with Gasteiger partial charge in [-0.25, -0.2) is 0 Å². The second-order valence-corrected chi connectivity index (χ2v) is 0.812. The molecule has 6 heavy (non-hydrogen) atoms. The van der Waals surface area contributed by atoms with Crippen LogP contribution in [0, 0.1) is 0 Å². The summed E-state index contributed by atoms with van der Waals surface area (Å²) >= 11 is 0. The lowest BCUT2D eigenvalue weighted by Gasteiger charge is -2.04. The average molecular weight is 87.1 g/mol. The van der Waals surface area contributed by atoms with Crippen LogP contribution in [0.3, 0.4) is 0 Å². The van der Waals surface area contributed by atoms with E-state index in [-0.39, 0.29) is 5.95 Å². The Hall–Kier alpha value is -0.660. The minimum absolute atomic E-state index is 0.282. The van der Waals surface area contributed by atoms with Crippen molar-refractivity contribution in [3.05, 3.63) is 12.0 Å². The van der Waals surface area contributed by atoms with Crippen molar-refractivity contribution in [3.8, 4) is 0 Å². The van der Waals surface area contributed by atoms with Crippen molar-refractivity contribution in [3.63, 3.8) is 0 Å². The van der Waals surface area contributed by atoms with Crippen molar-refractivity contribution in [2.24, 2.45) is 0 Å². The molecule has 0 radical (unpaired) electrons. The molecule has 0 heterocycles. The normalized spacial score (nSPS) is 11.3. The van der Waals surface area contributed by atoms with Gasteiger partial charge in [0.15, 0.2) is 0 Å². The Morgan fingerprint density at radius 2 is 2.33 bits per heavy atom. The molecule has 0 rings (SSSR count). The first-order valence-electron chi connectivity index (χ1n) is 1.68. The van der Waals surface area contributed by atoms with Gasteiger partial charge in [-0.1, -0.05) is 6.08 Å². The van der Waals surface area contributed by atoms with Crippen LogP contribution in [0.4, 0.5) is 0 Å². The molecule has 0 N–H and O–H groups in total. The zero-order chi connectivity index (χ0) is 4.99. The molecule has 0 aromatic carbocycles. The van der Waals surface area contributed by atoms with E-state index in [9.17, 15) is 5.11 Å². The monoisotopic (exact) mass is 87.0 g/mol. The van der Waals surface area contributed by atoms with Crippen LogP contribution in [0.25, 0.3) is 0 Å². The largest absolute Gasteiger partial charge is 0.617 e. The van der Waals surface area contributed by atoms with E-state index in [1.54, 1.807) is 6.92 Å². The summed E-state index contributed by atoms with van der Waals surface area (Å²) in [5.74, 6) is -0.282. The molecule has 0 aliphatic rings. The first-order valence-corrected chi connectivity index (χ1v) is 1.68. The van der Waals surface area contributed by atoms with E-state index in [1.165, 1.54) is 13.2 Å². The molecule has 0 amide bonds. The predicted molar refractivity (Wildman–Crippen MR) is 20.8 cm³/mol. The summed E-state index contributed by atoms with van der Waals surface area (Å²) in [5.41, 5.74) is 0. The van der Waals surface area contributed by atoms with Crippen LogP contribution in [0.1, 0.15) is 6.92 Å². The third-order valence-corrected chi connectivity index (χ3v) is 0.437. The average Bonchev–Trinajstić information content (AvgIpc) is 1.65. The Balaban J connectivity index is 3.22. The number of ether oxygens (including phenoxy) is 1. The summed E-state index contributed by atoms with van der Waals surface area (Å²) in [5, 5.41) is 9.90. The molecule has 0 aliphatic carbocycles. The van der Waals surface area contributed by atoms with Crippen molar-refractivity contribution in [2.45, 2.75) is 6.92 Å². The number of methoxy groups -OCH3 is 1. The zero-order valence-corrected chi connectivity index (χ0v) is 3.89. The zero-order valence-electron chi connectivity index (χ0n) is 3.89. The summed E-state index contributed by atoms with van der Waals surface area (Å²) in [4.78, 5) is 0. The quantitative estimate of drug-likeness (QED) is 0.417. The Bertz CT molecular complexity index is 56.6. The molecule has 0 bridgehead atoms. The SMILES string of the molecule is C/C=C(/[O-])OC. The number of rotatable bonds is 1. The fraction of sp³-hybridized carbons (Fsp3) is 0.500. The second-order valence-electron chi connectivity index (χ2n) is 0.812. The van der Waals surface area contributed by atoms with E-state index in [0.29, 0.717) is 0 Å². The topological polar surface area (TPSA) is 32.3 Å². The molecule has 0 aromatic heterocycles. The first kappa shape index (κ1) is 5.34. The molecule has 0 aromatic rings. The van der Waals surface area contributed by atoms with Crippen molar-refractivity contribution in [1.29, 1.82) is 0 Å². The predicted octanol–water partition coefficient (Wildman–Crippen LogP) is -0.146. The second kappa shape index (κ2) is 2.57. The summed E-state index contributed by atoms with van der Waals surface area (Å²) in [6.45, 7) is 1.63. The molecule has 0 atom stereocenters. The maximum absolute atomic E-state index is 9.90. The highest BCUT2D eigenvalue weighted by atomic mass is 16.6. The smallest absolute Gasteiger partial charge is 0.0465 e. The number of hydrogen-bond acceptors (Lipinski definition) is 2. The molecule has 0 fully saturated rings. The van der Waals surface area contributed by atoms with E-state index < -0.39 is 0 Å². The first-order chi connectivity index (χ1) is 2.81. The summed E-state index contributed by atoms with van der Waals surface area (Å²) in [7, 11) is 1.35. The van der Waals surface area contributed by atoms with E-state index in [2.05, 4.69) is 4.74 Å². The van der Waals surface area contributed by atoms with Crippen LogP contribution in [-0.4, -0.2) is 7.11 Å². The molecule has 0 saturated heterocycles. The van der Waals surface area contributed by atoms with Gasteiger partial charge in [0.25, 0.3) is 0 Å². The molecule has 0 aliphatic heterocycles. The fourth-order valence-electron chi connectivity index (χ4n) is 0.118. The molecule has 0 unspecified atom stereocenters. The number of hydrogen-bond donors (Lipinski definition) is 0. The Morgan fingerprint density at radius 3 is 2.33 bits per heavy atom. The standard InChI is InChI=1S/C4H8O2/c1-3-4(5)6-2/h3,5H,1-2H3/p-1/b4-3-. The Kier molecular flexibility index (Phi) is 2.29. The van der Waals surface area contributed by atoms with Gasteiger partial charge in [-0.2, -0.15) is 0 Å². The van der Waals surface area contributed by atoms with Gasteiger partial charge >= 0.3 is 0 Å². The van der Waals surface area contributed by atoms with Crippen molar-refractivity contribution < 1.29 is 9.84 Å². The molecular formula is C4H7O2-. The molecular weight excluding hydrogens is 80.0 g/mol. The van der Waals surface area contributed by atoms with Gasteiger partial charge in [-0.05, 0) is 14.0 Å². The highest BCUT2D eigenvalue weighted by Crippen LogP contribution is 1.76. The minimum atomic E-state index is -0.282. The van der Waals surface area contributed by atoms with Crippen molar-refractivity contribution >= 4 is 0 Å². The van der Waals surface area contributed by atoms with Gasteiger partial charge in [0.2, 0.25) is 0 Å². The lowest BCUT2D eigenvalue weighted by molar-refractivity contribution is -0.353. The summed E-state index contributed by atoms with van der Waals surface area (Å²) in [6.07, 6.45) is 1.36. The van der Waals surface area contributed by atoms with Crippen LogP contribution in [0.2, 0.25) is 0 Å². The van der Waals surface area contributed by atoms with Crippen LogP contribution in [0.5, 0.6) is 0 Å². The van der Waals surface area contributed by atoms with Gasteiger partial charge in [-0.3, -0.25) is 0 Å². The van der Waals surface area contributed by atoms with Crippen LogP contribution >= 0.6 is 0 Å². The van der Waals surface area contributed by atoms with Gasteiger partial charge in [0.1, 0.15) is 0 Å². The highest BCUT2D eigenvalue weighted by Gasteiger charge is 1.61. The van der Waals surface area contributed by atoms with Gasteiger partial charge < -0.3 is 9.84 Å². The highest BCUT2D eigenvalue weighted by molar-refractivity contribution is 4.72. The third kappa shape index (κ3) is 1.64. The maximum atomic E-state index is 9.90. The van der Waals surface area contributed by atoms with E-state index >= 15 is 0 Å². The van der Waals surface area contributed by atoms with Crippen LogP contribution < -0.4 is 5.11 Å². The summed E-state index contributed by atoms with van der Waals surface area (Å²) < 4.78 is 4.20. The molecule has 2 heteroatoms. The maximum Gasteiger partial charge on any atom is 0.0465 e. The van der Waals surface area contributed by atoms with E-state index in [4.69, 9.17) is 0 Å². The Morgan fingerprint density at radius 1 is 1.83 bits per heavy atom. The lowest BCUT2D eigenvalue weighted by atomic mass is 10.7.